The molecule has 1 spiro atoms. The Kier molecular flexibility index (Phi) is 3.65. The molecule has 1 heterocycles. The van der Waals surface area contributed by atoms with Gasteiger partial charge in [-0.25, -0.2) is 0 Å². The Morgan fingerprint density at radius 1 is 1.40 bits per heavy atom. The van der Waals surface area contributed by atoms with Gasteiger partial charge >= 0.3 is 0 Å². The first kappa shape index (κ1) is 11.4. The van der Waals surface area contributed by atoms with E-state index in [-0.39, 0.29) is 5.60 Å². The van der Waals surface area contributed by atoms with Gasteiger partial charge in [0, 0.05) is 20.2 Å². The lowest BCUT2D eigenvalue weighted by atomic mass is 9.82. The fourth-order valence-electron chi connectivity index (χ4n) is 2.77. The largest absolute Gasteiger partial charge is 0.381 e. The van der Waals surface area contributed by atoms with Crippen LogP contribution >= 0.6 is 0 Å². The van der Waals surface area contributed by atoms with Gasteiger partial charge in [-0.1, -0.05) is 6.92 Å². The van der Waals surface area contributed by atoms with E-state index in [2.05, 4.69) is 12.2 Å². The normalized spacial score (nSPS) is 42.0. The van der Waals surface area contributed by atoms with Gasteiger partial charge in [-0.15, -0.1) is 0 Å². The van der Waals surface area contributed by atoms with Crippen molar-refractivity contribution >= 4 is 0 Å². The number of morpholine rings is 1. The molecule has 1 aliphatic heterocycles. The zero-order valence-corrected chi connectivity index (χ0v) is 9.92. The summed E-state index contributed by atoms with van der Waals surface area (Å²) in [7, 11) is 1.82. The molecule has 0 aromatic carbocycles. The molecule has 2 aliphatic rings. The van der Waals surface area contributed by atoms with E-state index >= 15 is 0 Å². The third-order valence-electron chi connectivity index (χ3n) is 3.87. The van der Waals surface area contributed by atoms with E-state index in [1.807, 2.05) is 7.11 Å². The van der Waals surface area contributed by atoms with Crippen molar-refractivity contribution in [3.05, 3.63) is 0 Å². The molecule has 0 bridgehead atoms. The first-order valence-corrected chi connectivity index (χ1v) is 6.19. The smallest absolute Gasteiger partial charge is 0.0812 e. The molecule has 1 N–H and O–H groups in total. The maximum Gasteiger partial charge on any atom is 0.0812 e. The fraction of sp³-hybridized carbons (Fsp3) is 1.00. The van der Waals surface area contributed by atoms with Crippen LogP contribution in [0.25, 0.3) is 0 Å². The van der Waals surface area contributed by atoms with Gasteiger partial charge in [0.15, 0.2) is 0 Å². The molecule has 1 aliphatic carbocycles. The molecule has 1 unspecified atom stereocenters. The summed E-state index contributed by atoms with van der Waals surface area (Å²) in [4.78, 5) is 0. The molecule has 0 radical (unpaired) electrons. The predicted molar refractivity (Wildman–Crippen MR) is 60.0 cm³/mol. The Labute approximate surface area is 92.5 Å². The van der Waals surface area contributed by atoms with Crippen LogP contribution in [0.2, 0.25) is 0 Å². The third kappa shape index (κ3) is 2.52. The van der Waals surface area contributed by atoms with Gasteiger partial charge in [0.2, 0.25) is 0 Å². The van der Waals surface area contributed by atoms with E-state index in [1.165, 1.54) is 0 Å². The lowest BCUT2D eigenvalue weighted by Gasteiger charge is -2.45. The third-order valence-corrected chi connectivity index (χ3v) is 3.87. The lowest BCUT2D eigenvalue weighted by Crippen LogP contribution is -2.55. The SMILES string of the molecule is CCC1CNCC2(CCC(OC)CC2)O1. The Hall–Kier alpha value is -0.120. The minimum absolute atomic E-state index is 0.119. The molecule has 3 nitrogen and oxygen atoms in total. The number of hydrogen-bond donors (Lipinski definition) is 1. The van der Waals surface area contributed by atoms with Crippen molar-refractivity contribution in [2.45, 2.75) is 56.8 Å². The van der Waals surface area contributed by atoms with Gasteiger partial charge in [0.05, 0.1) is 17.8 Å². The van der Waals surface area contributed by atoms with Crippen LogP contribution < -0.4 is 5.32 Å². The molecule has 1 atom stereocenters. The van der Waals surface area contributed by atoms with Crippen LogP contribution in [0.4, 0.5) is 0 Å². The molecule has 3 heteroatoms. The maximum absolute atomic E-state index is 6.24. The number of hydrogen-bond acceptors (Lipinski definition) is 3. The van der Waals surface area contributed by atoms with Crippen LogP contribution in [-0.4, -0.2) is 38.0 Å². The van der Waals surface area contributed by atoms with Crippen molar-refractivity contribution in [3.63, 3.8) is 0 Å². The second-order valence-corrected chi connectivity index (χ2v) is 4.90. The molecule has 0 aromatic rings. The summed E-state index contributed by atoms with van der Waals surface area (Å²) >= 11 is 0. The molecule has 0 amide bonds. The summed E-state index contributed by atoms with van der Waals surface area (Å²) in [6.07, 6.45) is 6.58. The highest BCUT2D eigenvalue weighted by Crippen LogP contribution is 2.35. The second kappa shape index (κ2) is 4.81. The van der Waals surface area contributed by atoms with Crippen LogP contribution in [-0.2, 0) is 9.47 Å². The van der Waals surface area contributed by atoms with Gasteiger partial charge in [-0.05, 0) is 32.1 Å². The van der Waals surface area contributed by atoms with E-state index in [1.54, 1.807) is 0 Å². The molecule has 15 heavy (non-hydrogen) atoms. The van der Waals surface area contributed by atoms with Crippen molar-refractivity contribution in [2.24, 2.45) is 0 Å². The van der Waals surface area contributed by atoms with Crippen LogP contribution in [0.1, 0.15) is 39.0 Å². The highest BCUT2D eigenvalue weighted by Gasteiger charge is 2.40. The minimum atomic E-state index is 0.119. The van der Waals surface area contributed by atoms with Crippen molar-refractivity contribution in [3.8, 4) is 0 Å². The average molecular weight is 213 g/mol. The van der Waals surface area contributed by atoms with Gasteiger partial charge < -0.3 is 14.8 Å². The summed E-state index contributed by atoms with van der Waals surface area (Å²) in [6.45, 7) is 4.25. The summed E-state index contributed by atoms with van der Waals surface area (Å²) < 4.78 is 11.6. The van der Waals surface area contributed by atoms with Crippen molar-refractivity contribution in [2.75, 3.05) is 20.2 Å². The molecule has 1 saturated heterocycles. The molecular formula is C12H23NO2. The summed E-state index contributed by atoms with van der Waals surface area (Å²) in [5, 5.41) is 3.51. The summed E-state index contributed by atoms with van der Waals surface area (Å²) in [5.74, 6) is 0. The number of nitrogens with one attached hydrogen (secondary N) is 1. The molecule has 0 aromatic heterocycles. The van der Waals surface area contributed by atoms with Crippen LogP contribution in [0.15, 0.2) is 0 Å². The molecule has 1 saturated carbocycles. The van der Waals surface area contributed by atoms with Crippen molar-refractivity contribution in [1.82, 2.24) is 5.32 Å². The van der Waals surface area contributed by atoms with E-state index in [0.29, 0.717) is 12.2 Å². The summed E-state index contributed by atoms with van der Waals surface area (Å²) in [5.41, 5.74) is 0.119. The predicted octanol–water partition coefficient (Wildman–Crippen LogP) is 1.71. The Balaban J connectivity index is 1.90. The topological polar surface area (TPSA) is 30.5 Å². The molecule has 88 valence electrons. The highest BCUT2D eigenvalue weighted by atomic mass is 16.5. The van der Waals surface area contributed by atoms with Gasteiger partial charge in [-0.2, -0.15) is 0 Å². The maximum atomic E-state index is 6.24. The van der Waals surface area contributed by atoms with E-state index in [9.17, 15) is 0 Å². The van der Waals surface area contributed by atoms with Crippen LogP contribution in [0, 0.1) is 0 Å². The second-order valence-electron chi connectivity index (χ2n) is 4.90. The zero-order valence-electron chi connectivity index (χ0n) is 9.92. The fourth-order valence-corrected chi connectivity index (χ4v) is 2.77. The van der Waals surface area contributed by atoms with E-state index in [0.717, 1.165) is 45.2 Å². The highest BCUT2D eigenvalue weighted by molar-refractivity contribution is 4.93. The lowest BCUT2D eigenvalue weighted by molar-refractivity contribution is -0.147. The quantitative estimate of drug-likeness (QED) is 0.757. The average Bonchev–Trinajstić information content (AvgIpc) is 2.30. The number of ether oxygens (including phenoxy) is 2. The molecule has 2 fully saturated rings. The first-order chi connectivity index (χ1) is 7.28. The first-order valence-electron chi connectivity index (χ1n) is 6.19. The number of methoxy groups -OCH3 is 1. The standard InChI is InChI=1S/C12H23NO2/c1-3-10-8-13-9-12(15-10)6-4-11(14-2)5-7-12/h10-11,13H,3-9H2,1-2H3. The van der Waals surface area contributed by atoms with E-state index in [4.69, 9.17) is 9.47 Å². The van der Waals surface area contributed by atoms with Gasteiger partial charge in [0.25, 0.3) is 0 Å². The number of rotatable bonds is 2. The zero-order chi connectivity index (χ0) is 10.7. The Bertz CT molecular complexity index is 200. The Morgan fingerprint density at radius 3 is 2.73 bits per heavy atom. The van der Waals surface area contributed by atoms with Crippen molar-refractivity contribution in [1.29, 1.82) is 0 Å². The Morgan fingerprint density at radius 2 is 2.13 bits per heavy atom. The monoisotopic (exact) mass is 213 g/mol. The minimum Gasteiger partial charge on any atom is -0.381 e. The van der Waals surface area contributed by atoms with Crippen molar-refractivity contribution < 1.29 is 9.47 Å². The summed E-state index contributed by atoms with van der Waals surface area (Å²) in [6, 6.07) is 0. The van der Waals surface area contributed by atoms with Gasteiger partial charge in [-0.3, -0.25) is 0 Å². The van der Waals surface area contributed by atoms with Gasteiger partial charge in [0.1, 0.15) is 0 Å². The van der Waals surface area contributed by atoms with Crippen LogP contribution in [0.3, 0.4) is 0 Å². The molecular weight excluding hydrogens is 190 g/mol. The van der Waals surface area contributed by atoms with E-state index < -0.39 is 0 Å². The van der Waals surface area contributed by atoms with Crippen LogP contribution in [0.5, 0.6) is 0 Å². The molecule has 2 rings (SSSR count).